The molecule has 0 spiro atoms. The maximum absolute atomic E-state index is 5.65. The fourth-order valence-corrected chi connectivity index (χ4v) is 3.81. The second-order valence-electron chi connectivity index (χ2n) is 8.69. The predicted octanol–water partition coefficient (Wildman–Crippen LogP) is 8.36. The van der Waals surface area contributed by atoms with E-state index in [0.717, 1.165) is 12.4 Å². The lowest BCUT2D eigenvalue weighted by atomic mass is 10.0. The summed E-state index contributed by atoms with van der Waals surface area (Å²) >= 11 is 0. The lowest BCUT2D eigenvalue weighted by Gasteiger charge is -2.08. The van der Waals surface area contributed by atoms with Gasteiger partial charge >= 0.3 is 0 Å². The third-order valence-electron chi connectivity index (χ3n) is 5.75. The number of para-hydroxylation sites is 1. The van der Waals surface area contributed by atoms with Gasteiger partial charge in [-0.2, -0.15) is 0 Å². The fourth-order valence-electron chi connectivity index (χ4n) is 3.81. The number of hydrogen-bond acceptors (Lipinski definition) is 3. The highest BCUT2D eigenvalue weighted by molar-refractivity contribution is 5.20. The molecule has 0 radical (unpaired) electrons. The maximum atomic E-state index is 5.65. The van der Waals surface area contributed by atoms with Crippen molar-refractivity contribution in [3.63, 3.8) is 0 Å². The standard InChI is InChI=1S/C28H50O3/c1-2-3-4-5-6-7-8-9-10-11-12-13-14-15-16-20-23-29-24-25-30-26-27-31-28-21-18-17-19-22-28/h17-19,21-22H,2-16,20,23-27H2,1H3. The van der Waals surface area contributed by atoms with Crippen LogP contribution >= 0.6 is 0 Å². The number of benzene rings is 1. The molecular formula is C28H50O3. The minimum Gasteiger partial charge on any atom is -0.491 e. The molecule has 1 aromatic rings. The summed E-state index contributed by atoms with van der Waals surface area (Å²) in [6.07, 6.45) is 22.5. The second kappa shape index (κ2) is 23.6. The largest absolute Gasteiger partial charge is 0.491 e. The molecule has 0 saturated carbocycles. The first-order valence-electron chi connectivity index (χ1n) is 13.3. The van der Waals surface area contributed by atoms with Gasteiger partial charge in [0, 0.05) is 6.61 Å². The molecule has 1 aromatic carbocycles. The number of ether oxygens (including phenoxy) is 3. The van der Waals surface area contributed by atoms with Crippen LogP contribution in [-0.4, -0.2) is 33.0 Å². The van der Waals surface area contributed by atoms with Gasteiger partial charge in [0.15, 0.2) is 0 Å². The van der Waals surface area contributed by atoms with Gasteiger partial charge in [-0.15, -0.1) is 0 Å². The summed E-state index contributed by atoms with van der Waals surface area (Å²) in [7, 11) is 0. The molecule has 0 saturated heterocycles. The van der Waals surface area contributed by atoms with E-state index in [-0.39, 0.29) is 0 Å². The summed E-state index contributed by atoms with van der Waals surface area (Å²) < 4.78 is 16.8. The van der Waals surface area contributed by atoms with Gasteiger partial charge in [0.1, 0.15) is 12.4 Å². The smallest absolute Gasteiger partial charge is 0.119 e. The third kappa shape index (κ3) is 20.6. The lowest BCUT2D eigenvalue weighted by molar-refractivity contribution is 0.0352. The van der Waals surface area contributed by atoms with E-state index >= 15 is 0 Å². The van der Waals surface area contributed by atoms with Gasteiger partial charge in [0.25, 0.3) is 0 Å². The monoisotopic (exact) mass is 434 g/mol. The van der Waals surface area contributed by atoms with Crippen LogP contribution in [0, 0.1) is 0 Å². The second-order valence-corrected chi connectivity index (χ2v) is 8.69. The highest BCUT2D eigenvalue weighted by Gasteiger charge is 1.96. The summed E-state index contributed by atoms with van der Waals surface area (Å²) in [6, 6.07) is 9.86. The van der Waals surface area contributed by atoms with Gasteiger partial charge in [0.05, 0.1) is 19.8 Å². The summed E-state index contributed by atoms with van der Waals surface area (Å²) in [6.45, 7) is 5.68. The molecular weight excluding hydrogens is 384 g/mol. The number of rotatable bonds is 24. The Bertz CT molecular complexity index is 449. The van der Waals surface area contributed by atoms with Crippen molar-refractivity contribution in [2.24, 2.45) is 0 Å². The molecule has 0 aliphatic rings. The lowest BCUT2D eigenvalue weighted by Crippen LogP contribution is -2.11. The van der Waals surface area contributed by atoms with Crippen LogP contribution in [-0.2, 0) is 9.47 Å². The van der Waals surface area contributed by atoms with E-state index in [1.165, 1.54) is 103 Å². The SMILES string of the molecule is CCCCCCCCCCCCCCCCCCOCCOCCOc1ccccc1. The first kappa shape index (κ1) is 28.0. The van der Waals surface area contributed by atoms with E-state index in [9.17, 15) is 0 Å². The third-order valence-corrected chi connectivity index (χ3v) is 5.75. The highest BCUT2D eigenvalue weighted by Crippen LogP contribution is 2.13. The molecule has 3 heteroatoms. The molecule has 0 aromatic heterocycles. The quantitative estimate of drug-likeness (QED) is 0.153. The van der Waals surface area contributed by atoms with E-state index in [0.29, 0.717) is 26.4 Å². The normalized spacial score (nSPS) is 11.1. The Morgan fingerprint density at radius 3 is 1.39 bits per heavy atom. The minimum absolute atomic E-state index is 0.586. The Hall–Kier alpha value is -1.06. The molecule has 31 heavy (non-hydrogen) atoms. The zero-order chi connectivity index (χ0) is 22.1. The Kier molecular flexibility index (Phi) is 21.3. The van der Waals surface area contributed by atoms with Crippen LogP contribution in [0.1, 0.15) is 110 Å². The van der Waals surface area contributed by atoms with Crippen molar-refractivity contribution in [1.82, 2.24) is 0 Å². The van der Waals surface area contributed by atoms with Gasteiger partial charge in [0.2, 0.25) is 0 Å². The Morgan fingerprint density at radius 2 is 0.871 bits per heavy atom. The van der Waals surface area contributed by atoms with E-state index in [4.69, 9.17) is 14.2 Å². The molecule has 0 N–H and O–H groups in total. The molecule has 1 rings (SSSR count). The molecule has 0 fully saturated rings. The van der Waals surface area contributed by atoms with Crippen LogP contribution < -0.4 is 4.74 Å². The van der Waals surface area contributed by atoms with E-state index in [2.05, 4.69) is 6.92 Å². The summed E-state index contributed by atoms with van der Waals surface area (Å²) in [4.78, 5) is 0. The molecule has 0 heterocycles. The van der Waals surface area contributed by atoms with Crippen molar-refractivity contribution in [3.05, 3.63) is 30.3 Å². The van der Waals surface area contributed by atoms with Crippen molar-refractivity contribution in [1.29, 1.82) is 0 Å². The molecule has 3 nitrogen and oxygen atoms in total. The van der Waals surface area contributed by atoms with E-state index in [1.807, 2.05) is 30.3 Å². The summed E-state index contributed by atoms with van der Waals surface area (Å²) in [5.41, 5.74) is 0. The molecule has 0 atom stereocenters. The van der Waals surface area contributed by atoms with Gasteiger partial charge in [-0.3, -0.25) is 0 Å². The maximum Gasteiger partial charge on any atom is 0.119 e. The predicted molar refractivity (Wildman–Crippen MR) is 133 cm³/mol. The molecule has 0 aliphatic heterocycles. The van der Waals surface area contributed by atoms with Crippen molar-refractivity contribution in [3.8, 4) is 5.75 Å². The molecule has 0 aliphatic carbocycles. The topological polar surface area (TPSA) is 27.7 Å². The first-order chi connectivity index (χ1) is 15.4. The van der Waals surface area contributed by atoms with Gasteiger partial charge in [-0.05, 0) is 18.6 Å². The Balaban J connectivity index is 1.65. The van der Waals surface area contributed by atoms with Crippen LogP contribution in [0.25, 0.3) is 0 Å². The zero-order valence-corrected chi connectivity index (χ0v) is 20.5. The van der Waals surface area contributed by atoms with Crippen molar-refractivity contribution < 1.29 is 14.2 Å². The van der Waals surface area contributed by atoms with Crippen LogP contribution in [0.2, 0.25) is 0 Å². The molecule has 0 unspecified atom stereocenters. The average Bonchev–Trinajstić information content (AvgIpc) is 2.80. The Labute approximate surface area is 193 Å². The number of unbranched alkanes of at least 4 members (excludes halogenated alkanes) is 15. The van der Waals surface area contributed by atoms with E-state index < -0.39 is 0 Å². The van der Waals surface area contributed by atoms with Gasteiger partial charge in [-0.1, -0.05) is 121 Å². The van der Waals surface area contributed by atoms with Gasteiger partial charge < -0.3 is 14.2 Å². The van der Waals surface area contributed by atoms with Crippen molar-refractivity contribution >= 4 is 0 Å². The van der Waals surface area contributed by atoms with Gasteiger partial charge in [-0.25, -0.2) is 0 Å². The summed E-state index contributed by atoms with van der Waals surface area (Å²) in [5.74, 6) is 0.894. The fraction of sp³-hybridized carbons (Fsp3) is 0.786. The van der Waals surface area contributed by atoms with Crippen molar-refractivity contribution in [2.75, 3.05) is 33.0 Å². The Morgan fingerprint density at radius 1 is 0.452 bits per heavy atom. The number of hydrogen-bond donors (Lipinski definition) is 0. The molecule has 180 valence electrons. The van der Waals surface area contributed by atoms with E-state index in [1.54, 1.807) is 0 Å². The van der Waals surface area contributed by atoms with Crippen LogP contribution in [0.5, 0.6) is 5.75 Å². The summed E-state index contributed by atoms with van der Waals surface area (Å²) in [5, 5.41) is 0. The van der Waals surface area contributed by atoms with Crippen LogP contribution in [0.3, 0.4) is 0 Å². The van der Waals surface area contributed by atoms with Crippen LogP contribution in [0.15, 0.2) is 30.3 Å². The van der Waals surface area contributed by atoms with Crippen molar-refractivity contribution in [2.45, 2.75) is 110 Å². The van der Waals surface area contributed by atoms with Crippen LogP contribution in [0.4, 0.5) is 0 Å². The molecule has 0 amide bonds. The molecule has 0 bridgehead atoms. The average molecular weight is 435 g/mol. The first-order valence-corrected chi connectivity index (χ1v) is 13.3. The highest BCUT2D eigenvalue weighted by atomic mass is 16.5. The zero-order valence-electron chi connectivity index (χ0n) is 20.5. The minimum atomic E-state index is 0.586.